The van der Waals surface area contributed by atoms with E-state index in [-0.39, 0.29) is 24.4 Å². The van der Waals surface area contributed by atoms with E-state index in [1.54, 1.807) is 0 Å². The Morgan fingerprint density at radius 1 is 1.60 bits per heavy atom. The molecule has 3 atom stereocenters. The Morgan fingerprint density at radius 3 is 2.73 bits per heavy atom. The van der Waals surface area contributed by atoms with Crippen molar-refractivity contribution in [2.75, 3.05) is 0 Å². The highest BCUT2D eigenvalue weighted by atomic mass is 16.5. The second kappa shape index (κ2) is 4.38. The van der Waals surface area contributed by atoms with Crippen molar-refractivity contribution in [3.8, 4) is 0 Å². The Hall–Kier alpha value is -0.790. The van der Waals surface area contributed by atoms with Crippen LogP contribution in [0.4, 0.5) is 0 Å². The zero-order valence-corrected chi connectivity index (χ0v) is 10.2. The maximum absolute atomic E-state index is 11.8. The van der Waals surface area contributed by atoms with Gasteiger partial charge in [-0.1, -0.05) is 19.1 Å². The third kappa shape index (κ3) is 3.37. The first-order valence-electron chi connectivity index (χ1n) is 6.10. The molecule has 1 saturated carbocycles. The van der Waals surface area contributed by atoms with E-state index >= 15 is 0 Å². The van der Waals surface area contributed by atoms with Crippen LogP contribution in [0, 0.1) is 11.3 Å². The number of rotatable bonds is 1. The monoisotopic (exact) mass is 212 g/mol. The largest absolute Gasteiger partial charge is 0.462 e. The molecule has 0 unspecified atom stereocenters. The Bertz CT molecular complexity index is 291. The average Bonchev–Trinajstić information content (AvgIpc) is 2.12. The van der Waals surface area contributed by atoms with Gasteiger partial charge in [-0.2, -0.15) is 0 Å². The van der Waals surface area contributed by atoms with Gasteiger partial charge < -0.3 is 4.74 Å². The minimum Gasteiger partial charge on any atom is -0.462 e. The summed E-state index contributed by atoms with van der Waals surface area (Å²) in [4.78, 5) is 11.8. The Balaban J connectivity index is 2.61. The molecule has 0 radical (unpaired) electrons. The third-order valence-corrected chi connectivity index (χ3v) is 2.73. The summed E-state index contributed by atoms with van der Waals surface area (Å²) in [7, 11) is 0. The van der Waals surface area contributed by atoms with Crippen LogP contribution in [0.25, 0.3) is 0 Å². The lowest BCUT2D eigenvalue weighted by Gasteiger charge is -2.31. The lowest BCUT2D eigenvalue weighted by atomic mass is 9.85. The molecule has 86 valence electrons. The molecule has 0 aromatic carbocycles. The molecule has 1 fully saturated rings. The van der Waals surface area contributed by atoms with Crippen molar-refractivity contribution in [1.82, 2.24) is 0 Å². The maximum Gasteiger partial charge on any atom is 0.311 e. The van der Waals surface area contributed by atoms with Gasteiger partial charge in [-0.25, -0.2) is 0 Å². The number of hydrogen-bond donors (Lipinski definition) is 0. The van der Waals surface area contributed by atoms with Crippen molar-refractivity contribution >= 4 is 5.97 Å². The topological polar surface area (TPSA) is 26.3 Å². The van der Waals surface area contributed by atoms with Crippen molar-refractivity contribution in [2.45, 2.75) is 53.0 Å². The molecule has 0 amide bonds. The molecule has 2 heteroatoms. The van der Waals surface area contributed by atoms with Gasteiger partial charge in [0.1, 0.15) is 6.10 Å². The van der Waals surface area contributed by atoms with Crippen molar-refractivity contribution in [3.05, 3.63) is 12.2 Å². The zero-order chi connectivity index (χ0) is 12.5. The van der Waals surface area contributed by atoms with Crippen LogP contribution in [0.5, 0.6) is 0 Å². The summed E-state index contributed by atoms with van der Waals surface area (Å²) in [5.74, 6) is 0.101. The molecule has 1 aliphatic carbocycles. The van der Waals surface area contributed by atoms with E-state index in [1.807, 2.05) is 20.8 Å². The highest BCUT2D eigenvalue weighted by molar-refractivity contribution is 5.75. The predicted octanol–water partition coefficient (Wildman–Crippen LogP) is 3.32. The highest BCUT2D eigenvalue weighted by Crippen LogP contribution is 2.31. The van der Waals surface area contributed by atoms with Crippen LogP contribution in [0.15, 0.2) is 12.2 Å². The van der Waals surface area contributed by atoms with E-state index in [0.717, 1.165) is 12.0 Å². The second-order valence-electron chi connectivity index (χ2n) is 5.47. The molecule has 0 aromatic heterocycles. The molecule has 0 aromatic rings. The van der Waals surface area contributed by atoms with Gasteiger partial charge in [0.05, 0.1) is 5.41 Å². The van der Waals surface area contributed by atoms with Gasteiger partial charge in [-0.15, -0.1) is 0 Å². The Kier molecular flexibility index (Phi) is 3.13. The minimum absolute atomic E-state index is 0.125. The van der Waals surface area contributed by atoms with E-state index < -0.39 is 5.41 Å². The van der Waals surface area contributed by atoms with E-state index in [9.17, 15) is 4.79 Å². The Labute approximate surface area is 94.1 Å². The second-order valence-corrected chi connectivity index (χ2v) is 5.47. The van der Waals surface area contributed by atoms with Crippen LogP contribution in [0.2, 0.25) is 0 Å². The maximum atomic E-state index is 11.8. The van der Waals surface area contributed by atoms with Crippen LogP contribution in [-0.2, 0) is 9.53 Å². The minimum atomic E-state index is -0.467. The fraction of sp³-hybridized carbons (Fsp3) is 0.769. The molecule has 0 N–H and O–H groups in total. The zero-order valence-electron chi connectivity index (χ0n) is 11.2. The summed E-state index contributed by atoms with van der Waals surface area (Å²) in [5.41, 5.74) is 0.488. The van der Waals surface area contributed by atoms with E-state index in [1.165, 1.54) is 0 Å². The van der Waals surface area contributed by atoms with Gasteiger partial charge in [0.2, 0.25) is 0 Å². The fourth-order valence-corrected chi connectivity index (χ4v) is 1.62. The fourth-order valence-electron chi connectivity index (χ4n) is 1.62. The first-order valence-corrected chi connectivity index (χ1v) is 5.53. The summed E-state index contributed by atoms with van der Waals surface area (Å²) in [6.07, 6.45) is 0.964. The molecule has 1 rings (SSSR count). The molecule has 0 bridgehead atoms. The first kappa shape index (κ1) is 10.7. The number of hydrogen-bond acceptors (Lipinski definition) is 2. The van der Waals surface area contributed by atoms with Gasteiger partial charge in [-0.3, -0.25) is 4.79 Å². The number of allylic oxidation sites excluding steroid dienone is 1. The number of carbonyl (C=O) groups excluding carboxylic acids is 1. The molecular formula is C13H22O2. The van der Waals surface area contributed by atoms with Crippen LogP contribution in [0.1, 0.15) is 48.3 Å². The summed E-state index contributed by atoms with van der Waals surface area (Å²) in [5, 5.41) is 0. The van der Waals surface area contributed by atoms with Crippen molar-refractivity contribution in [3.63, 3.8) is 0 Å². The normalized spacial score (nSPS) is 33.5. The van der Waals surface area contributed by atoms with Gasteiger partial charge in [0.15, 0.2) is 0 Å². The number of esters is 1. The standard InChI is InChI=1S/C13H22O2/c1-9-6-7-11(10(2)8-9)15-12(14)13(3,4)5/h10-11H,1,6-8H2,2-5H3/t10-,11-/m1/s1/i6T/t6-,10-,11-. The molecule has 0 heterocycles. The SMILES string of the molecule is [3H][C@@H]1C[C@@H](OC(=O)C(C)(C)C)[C@H](C)CC1=C. The molecule has 0 aliphatic heterocycles. The van der Waals surface area contributed by atoms with E-state index in [0.29, 0.717) is 6.42 Å². The summed E-state index contributed by atoms with van der Waals surface area (Å²) >= 11 is 0. The summed E-state index contributed by atoms with van der Waals surface area (Å²) < 4.78 is 13.3. The molecule has 1 aliphatic rings. The number of ether oxygens (including phenoxy) is 1. The van der Waals surface area contributed by atoms with Crippen molar-refractivity contribution < 1.29 is 10.9 Å². The Morgan fingerprint density at radius 2 is 2.20 bits per heavy atom. The van der Waals surface area contributed by atoms with Crippen molar-refractivity contribution in [1.29, 1.82) is 0 Å². The van der Waals surface area contributed by atoms with Gasteiger partial charge in [0.25, 0.3) is 0 Å². The third-order valence-electron chi connectivity index (χ3n) is 2.73. The van der Waals surface area contributed by atoms with Crippen molar-refractivity contribution in [2.24, 2.45) is 11.3 Å². The van der Waals surface area contributed by atoms with Crippen LogP contribution < -0.4 is 0 Å². The quantitative estimate of drug-likeness (QED) is 0.492. The first-order chi connectivity index (χ1) is 7.21. The molecule has 0 saturated heterocycles. The molecular weight excluding hydrogens is 188 g/mol. The van der Waals surface area contributed by atoms with Crippen LogP contribution >= 0.6 is 0 Å². The van der Waals surface area contributed by atoms with Crippen LogP contribution in [0.3, 0.4) is 0 Å². The van der Waals surface area contributed by atoms with Gasteiger partial charge in [0, 0.05) is 1.37 Å². The molecule has 2 nitrogen and oxygen atoms in total. The molecule has 15 heavy (non-hydrogen) atoms. The lowest BCUT2D eigenvalue weighted by molar-refractivity contribution is -0.162. The highest BCUT2D eigenvalue weighted by Gasteiger charge is 2.31. The lowest BCUT2D eigenvalue weighted by Crippen LogP contribution is -2.33. The smallest absolute Gasteiger partial charge is 0.311 e. The van der Waals surface area contributed by atoms with E-state index in [2.05, 4.69) is 13.5 Å². The summed E-state index contributed by atoms with van der Waals surface area (Å²) in [6, 6.07) is 0. The predicted molar refractivity (Wildman–Crippen MR) is 61.5 cm³/mol. The summed E-state index contributed by atoms with van der Waals surface area (Å²) in [6.45, 7) is 11.5. The van der Waals surface area contributed by atoms with Gasteiger partial charge in [-0.05, 0) is 45.9 Å². The van der Waals surface area contributed by atoms with Gasteiger partial charge >= 0.3 is 5.97 Å². The average molecular weight is 212 g/mol. The number of carbonyl (C=O) groups is 1. The van der Waals surface area contributed by atoms with E-state index in [4.69, 9.17) is 6.11 Å². The van der Waals surface area contributed by atoms with Crippen LogP contribution in [-0.4, -0.2) is 12.1 Å². The molecule has 0 spiro atoms.